The van der Waals surface area contributed by atoms with Crippen LogP contribution in [-0.4, -0.2) is 23.0 Å². The molecule has 5 nitrogen and oxygen atoms in total. The number of furan rings is 1. The van der Waals surface area contributed by atoms with Crippen LogP contribution < -0.4 is 0 Å². The third-order valence-electron chi connectivity index (χ3n) is 10.4. The standard InChI is InChI=1S/C50H34N4O/c1-51-49(34-17-6-3-7-18-34)53-50(52-32-33-15-4-2-5-16-33)42-28-30-45(38-20-9-8-19-37(38)42)54-44-25-12-10-21-39(44)43-31-35(27-29-46(43)54)36-23-14-24-41-40-22-11-13-26-47(40)55-48(36)41/h2-31H,1,32H2. The van der Waals surface area contributed by atoms with Crippen LogP contribution in [0.4, 0.5) is 0 Å². The van der Waals surface area contributed by atoms with E-state index in [4.69, 9.17) is 14.4 Å². The normalized spacial score (nSPS) is 12.4. The molecule has 0 fully saturated rings. The van der Waals surface area contributed by atoms with E-state index in [1.54, 1.807) is 0 Å². The van der Waals surface area contributed by atoms with Crippen molar-refractivity contribution in [1.29, 1.82) is 0 Å². The Kier molecular flexibility index (Phi) is 7.96. The van der Waals surface area contributed by atoms with Gasteiger partial charge in [-0.25, -0.2) is 9.98 Å². The molecular weight excluding hydrogens is 673 g/mol. The molecule has 0 aliphatic heterocycles. The summed E-state index contributed by atoms with van der Waals surface area (Å²) in [5, 5.41) is 6.75. The van der Waals surface area contributed by atoms with Crippen molar-refractivity contribution in [3.8, 4) is 16.8 Å². The van der Waals surface area contributed by atoms with Crippen LogP contribution in [0.3, 0.4) is 0 Å². The molecule has 55 heavy (non-hydrogen) atoms. The molecular formula is C50H34N4O. The zero-order valence-electron chi connectivity index (χ0n) is 29.9. The van der Waals surface area contributed by atoms with Crippen molar-refractivity contribution in [2.24, 2.45) is 15.0 Å². The third kappa shape index (κ3) is 5.61. The molecule has 0 aliphatic rings. The lowest BCUT2D eigenvalue weighted by atomic mass is 10.00. The van der Waals surface area contributed by atoms with Gasteiger partial charge in [0.1, 0.15) is 11.2 Å². The van der Waals surface area contributed by atoms with Gasteiger partial charge in [0.2, 0.25) is 0 Å². The van der Waals surface area contributed by atoms with Crippen LogP contribution in [0.2, 0.25) is 0 Å². The highest BCUT2D eigenvalue weighted by Gasteiger charge is 2.19. The van der Waals surface area contributed by atoms with Crippen molar-refractivity contribution in [1.82, 2.24) is 4.57 Å². The van der Waals surface area contributed by atoms with Crippen LogP contribution >= 0.6 is 0 Å². The number of nitrogens with zero attached hydrogens (tertiary/aromatic N) is 4. The largest absolute Gasteiger partial charge is 0.455 e. The van der Waals surface area contributed by atoms with E-state index in [2.05, 4.69) is 138 Å². The highest BCUT2D eigenvalue weighted by molar-refractivity contribution is 6.19. The Morgan fingerprint density at radius 2 is 1.20 bits per heavy atom. The summed E-state index contributed by atoms with van der Waals surface area (Å²) in [5.41, 5.74) is 10.2. The number of amidine groups is 2. The Balaban J connectivity index is 1.16. The Labute approximate surface area is 317 Å². The number of benzene rings is 8. The lowest BCUT2D eigenvalue weighted by molar-refractivity contribution is 0.670. The molecule has 10 aromatic rings. The number of aliphatic imine (C=N–C) groups is 3. The minimum Gasteiger partial charge on any atom is -0.455 e. The summed E-state index contributed by atoms with van der Waals surface area (Å²) >= 11 is 0. The molecule has 0 atom stereocenters. The van der Waals surface area contributed by atoms with E-state index in [1.807, 2.05) is 60.7 Å². The zero-order chi connectivity index (χ0) is 36.7. The quantitative estimate of drug-likeness (QED) is 0.125. The lowest BCUT2D eigenvalue weighted by Gasteiger charge is -2.15. The Bertz CT molecular complexity index is 3130. The monoisotopic (exact) mass is 706 g/mol. The highest BCUT2D eigenvalue weighted by atomic mass is 16.3. The molecule has 0 saturated carbocycles. The molecule has 260 valence electrons. The van der Waals surface area contributed by atoms with E-state index >= 15 is 0 Å². The minimum atomic E-state index is 0.478. The van der Waals surface area contributed by atoms with Crippen LogP contribution in [0.15, 0.2) is 201 Å². The van der Waals surface area contributed by atoms with Crippen LogP contribution in [-0.2, 0) is 6.54 Å². The molecule has 0 bridgehead atoms. The maximum Gasteiger partial charge on any atom is 0.161 e. The van der Waals surface area contributed by atoms with E-state index in [0.29, 0.717) is 18.2 Å². The lowest BCUT2D eigenvalue weighted by Crippen LogP contribution is -2.07. The smallest absolute Gasteiger partial charge is 0.161 e. The van der Waals surface area contributed by atoms with Gasteiger partial charge in [0.25, 0.3) is 0 Å². The van der Waals surface area contributed by atoms with E-state index in [-0.39, 0.29) is 0 Å². The van der Waals surface area contributed by atoms with Crippen LogP contribution in [0, 0.1) is 0 Å². The van der Waals surface area contributed by atoms with Crippen molar-refractivity contribution in [2.75, 3.05) is 0 Å². The fourth-order valence-electron chi connectivity index (χ4n) is 7.86. The fourth-order valence-corrected chi connectivity index (χ4v) is 7.86. The average molecular weight is 707 g/mol. The van der Waals surface area contributed by atoms with E-state index < -0.39 is 0 Å². The first-order valence-corrected chi connectivity index (χ1v) is 18.4. The number of fused-ring (bicyclic) bond motifs is 7. The summed E-state index contributed by atoms with van der Waals surface area (Å²) < 4.78 is 8.84. The molecule has 0 radical (unpaired) electrons. The second kappa shape index (κ2) is 13.6. The van der Waals surface area contributed by atoms with Gasteiger partial charge in [0.05, 0.1) is 23.3 Å². The number of hydrogen-bond acceptors (Lipinski definition) is 2. The molecule has 8 aromatic carbocycles. The summed E-state index contributed by atoms with van der Waals surface area (Å²) in [4.78, 5) is 14.6. The van der Waals surface area contributed by atoms with Crippen molar-refractivity contribution >= 4 is 72.9 Å². The number of rotatable bonds is 6. The Morgan fingerprint density at radius 1 is 0.527 bits per heavy atom. The van der Waals surface area contributed by atoms with Gasteiger partial charge in [-0.05, 0) is 59.6 Å². The summed E-state index contributed by atoms with van der Waals surface area (Å²) in [6, 6.07) is 63.1. The predicted octanol–water partition coefficient (Wildman–Crippen LogP) is 12.6. The van der Waals surface area contributed by atoms with Gasteiger partial charge in [-0.3, -0.25) is 4.99 Å². The molecule has 0 amide bonds. The second-order valence-electron chi connectivity index (χ2n) is 13.6. The Hall–Kier alpha value is -7.37. The SMILES string of the molecule is C=NC(=NC(=NCc1ccccc1)c1ccc(-n2c3ccccc3c3cc(-c4cccc5c4oc4ccccc45)ccc32)c2ccccc12)c1ccccc1. The van der Waals surface area contributed by atoms with Crippen molar-refractivity contribution in [3.05, 3.63) is 199 Å². The van der Waals surface area contributed by atoms with Gasteiger partial charge in [-0.2, -0.15) is 0 Å². The third-order valence-corrected chi connectivity index (χ3v) is 10.4. The molecule has 2 heterocycles. The number of para-hydroxylation sites is 3. The predicted molar refractivity (Wildman–Crippen MR) is 230 cm³/mol. The van der Waals surface area contributed by atoms with E-state index in [1.165, 1.54) is 10.8 Å². The fraction of sp³-hybridized carbons (Fsp3) is 0.0200. The molecule has 0 unspecified atom stereocenters. The van der Waals surface area contributed by atoms with Crippen LogP contribution in [0.25, 0.3) is 71.3 Å². The van der Waals surface area contributed by atoms with Crippen molar-refractivity contribution in [3.63, 3.8) is 0 Å². The molecule has 5 heteroatoms. The maximum atomic E-state index is 6.46. The first kappa shape index (κ1) is 32.3. The molecule has 0 N–H and O–H groups in total. The second-order valence-corrected chi connectivity index (χ2v) is 13.6. The van der Waals surface area contributed by atoms with Gasteiger partial charge in [-0.15, -0.1) is 0 Å². The molecule has 0 aliphatic carbocycles. The van der Waals surface area contributed by atoms with E-state index in [0.717, 1.165) is 77.2 Å². The molecule has 10 rings (SSSR count). The van der Waals surface area contributed by atoms with Crippen molar-refractivity contribution in [2.45, 2.75) is 6.54 Å². The van der Waals surface area contributed by atoms with Crippen LogP contribution in [0.5, 0.6) is 0 Å². The van der Waals surface area contributed by atoms with Crippen molar-refractivity contribution < 1.29 is 4.42 Å². The molecule has 0 saturated heterocycles. The zero-order valence-corrected chi connectivity index (χ0v) is 29.9. The Morgan fingerprint density at radius 3 is 2.02 bits per heavy atom. The summed E-state index contributed by atoms with van der Waals surface area (Å²) in [5.74, 6) is 1.13. The van der Waals surface area contributed by atoms with E-state index in [9.17, 15) is 0 Å². The first-order valence-electron chi connectivity index (χ1n) is 18.4. The van der Waals surface area contributed by atoms with Gasteiger partial charge in [0.15, 0.2) is 11.7 Å². The van der Waals surface area contributed by atoms with Gasteiger partial charge >= 0.3 is 0 Å². The first-order chi connectivity index (χ1) is 27.2. The van der Waals surface area contributed by atoms with Gasteiger partial charge < -0.3 is 8.98 Å². The summed E-state index contributed by atoms with van der Waals surface area (Å²) in [6.45, 7) is 4.35. The summed E-state index contributed by atoms with van der Waals surface area (Å²) in [7, 11) is 0. The summed E-state index contributed by atoms with van der Waals surface area (Å²) in [6.07, 6.45) is 0. The minimum absolute atomic E-state index is 0.478. The van der Waals surface area contributed by atoms with Gasteiger partial charge in [0, 0.05) is 43.6 Å². The van der Waals surface area contributed by atoms with Crippen LogP contribution in [0.1, 0.15) is 16.7 Å². The molecule has 0 spiro atoms. The molecule has 2 aromatic heterocycles. The number of aromatic nitrogens is 1. The topological polar surface area (TPSA) is 55.1 Å². The highest BCUT2D eigenvalue weighted by Crippen LogP contribution is 2.40. The maximum absolute atomic E-state index is 6.46. The number of hydrogen-bond donors (Lipinski definition) is 0. The average Bonchev–Trinajstić information content (AvgIpc) is 3.80. The van der Waals surface area contributed by atoms with Gasteiger partial charge in [-0.1, -0.05) is 146 Å².